The van der Waals surface area contributed by atoms with Gasteiger partial charge in [-0.25, -0.2) is 4.39 Å². The summed E-state index contributed by atoms with van der Waals surface area (Å²) in [5, 5.41) is 3.81. The molecule has 2 saturated carbocycles. The van der Waals surface area contributed by atoms with Crippen molar-refractivity contribution in [1.29, 1.82) is 0 Å². The summed E-state index contributed by atoms with van der Waals surface area (Å²) in [6.07, 6.45) is 4.09. The summed E-state index contributed by atoms with van der Waals surface area (Å²) in [7, 11) is 0. The average molecular weight is 289 g/mol. The number of nitrogens with one attached hydrogen (secondary N) is 1. The van der Waals surface area contributed by atoms with Crippen molar-refractivity contribution in [3.05, 3.63) is 34.6 Å². The number of benzene rings is 1. The Balaban J connectivity index is 1.76. The second kappa shape index (κ2) is 4.81. The molecule has 2 bridgehead atoms. The molecule has 0 saturated heterocycles. The minimum absolute atomic E-state index is 0.0639. The number of halogens is 1. The highest BCUT2D eigenvalue weighted by Gasteiger charge is 2.58. The van der Waals surface area contributed by atoms with Gasteiger partial charge in [0.1, 0.15) is 5.82 Å². The number of hydrogen-bond donors (Lipinski definition) is 1. The van der Waals surface area contributed by atoms with Crippen LogP contribution in [0.2, 0.25) is 0 Å². The van der Waals surface area contributed by atoms with E-state index in [1.54, 1.807) is 0 Å². The van der Waals surface area contributed by atoms with Crippen molar-refractivity contribution in [2.24, 2.45) is 16.7 Å². The molecule has 0 spiro atoms. The first-order valence-corrected chi connectivity index (χ1v) is 8.23. The lowest BCUT2D eigenvalue weighted by Crippen LogP contribution is -2.49. The molecule has 1 nitrogen and oxygen atoms in total. The zero-order chi connectivity index (χ0) is 15.4. The Morgan fingerprint density at radius 3 is 2.33 bits per heavy atom. The van der Waals surface area contributed by atoms with Crippen molar-refractivity contribution in [1.82, 2.24) is 5.32 Å². The normalized spacial score (nSPS) is 33.6. The molecule has 21 heavy (non-hydrogen) atoms. The first-order valence-electron chi connectivity index (χ1n) is 8.23. The summed E-state index contributed by atoms with van der Waals surface area (Å²) in [5.41, 5.74) is 3.53. The van der Waals surface area contributed by atoms with Crippen LogP contribution in [0.5, 0.6) is 0 Å². The summed E-state index contributed by atoms with van der Waals surface area (Å²) < 4.78 is 13.7. The third-order valence-electron chi connectivity index (χ3n) is 6.28. The molecule has 116 valence electrons. The van der Waals surface area contributed by atoms with Crippen molar-refractivity contribution >= 4 is 0 Å². The first kappa shape index (κ1) is 15.0. The third-order valence-corrected chi connectivity index (χ3v) is 6.28. The van der Waals surface area contributed by atoms with E-state index in [2.05, 4.69) is 26.1 Å². The van der Waals surface area contributed by atoms with E-state index in [0.29, 0.717) is 16.9 Å². The molecular weight excluding hydrogens is 261 g/mol. The second-order valence-electron chi connectivity index (χ2n) is 8.27. The van der Waals surface area contributed by atoms with Crippen LogP contribution in [0.4, 0.5) is 4.39 Å². The molecule has 3 unspecified atom stereocenters. The highest BCUT2D eigenvalue weighted by molar-refractivity contribution is 5.30. The fourth-order valence-corrected chi connectivity index (χ4v) is 5.17. The maximum atomic E-state index is 13.7. The molecule has 0 heterocycles. The van der Waals surface area contributed by atoms with Crippen LogP contribution in [0, 0.1) is 36.4 Å². The van der Waals surface area contributed by atoms with Crippen LogP contribution in [0.15, 0.2) is 12.1 Å². The molecule has 0 aliphatic heterocycles. The minimum Gasteiger partial charge on any atom is -0.309 e. The van der Waals surface area contributed by atoms with Crippen molar-refractivity contribution < 1.29 is 4.39 Å². The van der Waals surface area contributed by atoms with Crippen LogP contribution in [0.25, 0.3) is 0 Å². The van der Waals surface area contributed by atoms with E-state index < -0.39 is 0 Å². The zero-order valence-corrected chi connectivity index (χ0v) is 14.0. The lowest BCUT2D eigenvalue weighted by atomic mass is 9.68. The van der Waals surface area contributed by atoms with Gasteiger partial charge in [0, 0.05) is 12.6 Å². The largest absolute Gasteiger partial charge is 0.309 e. The van der Waals surface area contributed by atoms with Gasteiger partial charge in [-0.05, 0) is 66.5 Å². The Labute approximate surface area is 128 Å². The lowest BCUT2D eigenvalue weighted by Gasteiger charge is -2.43. The lowest BCUT2D eigenvalue weighted by molar-refractivity contribution is 0.108. The molecule has 0 amide bonds. The summed E-state index contributed by atoms with van der Waals surface area (Å²) in [5.74, 6) is 0.794. The molecule has 2 heteroatoms. The van der Waals surface area contributed by atoms with Crippen LogP contribution in [-0.2, 0) is 6.54 Å². The topological polar surface area (TPSA) is 12.0 Å². The molecule has 1 N–H and O–H groups in total. The summed E-state index contributed by atoms with van der Waals surface area (Å²) >= 11 is 0. The monoisotopic (exact) mass is 289 g/mol. The van der Waals surface area contributed by atoms with E-state index in [1.165, 1.54) is 24.8 Å². The Kier molecular flexibility index (Phi) is 3.44. The van der Waals surface area contributed by atoms with E-state index >= 15 is 0 Å². The molecular formula is C19H28FN. The number of aryl methyl sites for hydroxylation is 2. The Bertz CT molecular complexity index is 535. The van der Waals surface area contributed by atoms with Gasteiger partial charge in [0.2, 0.25) is 0 Å². The van der Waals surface area contributed by atoms with Gasteiger partial charge >= 0.3 is 0 Å². The standard InChI is InChI=1S/C19H28FN/c1-12-8-14(9-13(2)16(12)20)11-21-17-18(3,4)15-6-7-19(17,5)10-15/h8-9,15,17,21H,6-7,10-11H2,1-5H3. The average Bonchev–Trinajstić information content (AvgIpc) is 2.86. The van der Waals surface area contributed by atoms with Gasteiger partial charge in [0.15, 0.2) is 0 Å². The second-order valence-corrected chi connectivity index (χ2v) is 8.27. The van der Waals surface area contributed by atoms with Crippen LogP contribution >= 0.6 is 0 Å². The minimum atomic E-state index is -0.0639. The van der Waals surface area contributed by atoms with Crippen LogP contribution < -0.4 is 5.32 Å². The summed E-state index contributed by atoms with van der Waals surface area (Å²) in [6.45, 7) is 11.8. The number of rotatable bonds is 3. The molecule has 3 rings (SSSR count). The van der Waals surface area contributed by atoms with Gasteiger partial charge in [-0.3, -0.25) is 0 Å². The van der Waals surface area contributed by atoms with E-state index in [-0.39, 0.29) is 5.82 Å². The first-order chi connectivity index (χ1) is 9.74. The molecule has 2 aliphatic carbocycles. The molecule has 2 fully saturated rings. The number of hydrogen-bond acceptors (Lipinski definition) is 1. The molecule has 1 aromatic rings. The van der Waals surface area contributed by atoms with E-state index in [0.717, 1.165) is 23.6 Å². The van der Waals surface area contributed by atoms with Crippen LogP contribution in [-0.4, -0.2) is 6.04 Å². The Morgan fingerprint density at radius 2 is 1.81 bits per heavy atom. The van der Waals surface area contributed by atoms with Gasteiger partial charge < -0.3 is 5.32 Å². The molecule has 2 aliphatic rings. The van der Waals surface area contributed by atoms with Gasteiger partial charge in [0.05, 0.1) is 0 Å². The van der Waals surface area contributed by atoms with Crippen molar-refractivity contribution in [3.8, 4) is 0 Å². The maximum absolute atomic E-state index is 13.7. The molecule has 0 aromatic heterocycles. The smallest absolute Gasteiger partial charge is 0.129 e. The molecule has 1 aromatic carbocycles. The highest BCUT2D eigenvalue weighted by Crippen LogP contribution is 2.62. The van der Waals surface area contributed by atoms with Crippen LogP contribution in [0.1, 0.15) is 56.7 Å². The van der Waals surface area contributed by atoms with E-state index in [1.807, 2.05) is 26.0 Å². The third kappa shape index (κ3) is 2.32. The highest BCUT2D eigenvalue weighted by atomic mass is 19.1. The van der Waals surface area contributed by atoms with E-state index in [4.69, 9.17) is 0 Å². The van der Waals surface area contributed by atoms with Crippen LogP contribution in [0.3, 0.4) is 0 Å². The SMILES string of the molecule is Cc1cc(CNC2C3(C)CCC(C3)C2(C)C)cc(C)c1F. The maximum Gasteiger partial charge on any atom is 0.129 e. The molecule has 0 radical (unpaired) electrons. The van der Waals surface area contributed by atoms with Gasteiger partial charge in [-0.2, -0.15) is 0 Å². The molecule has 3 atom stereocenters. The quantitative estimate of drug-likeness (QED) is 0.847. The Morgan fingerprint density at radius 1 is 1.19 bits per heavy atom. The van der Waals surface area contributed by atoms with Gasteiger partial charge in [0.25, 0.3) is 0 Å². The summed E-state index contributed by atoms with van der Waals surface area (Å²) in [6, 6.07) is 4.53. The Hall–Kier alpha value is -0.890. The fourth-order valence-electron chi connectivity index (χ4n) is 5.17. The van der Waals surface area contributed by atoms with Gasteiger partial charge in [-0.15, -0.1) is 0 Å². The number of fused-ring (bicyclic) bond motifs is 2. The van der Waals surface area contributed by atoms with E-state index in [9.17, 15) is 4.39 Å². The fraction of sp³-hybridized carbons (Fsp3) is 0.684. The predicted octanol–water partition coefficient (Wildman–Crippen LogP) is 4.75. The zero-order valence-electron chi connectivity index (χ0n) is 14.0. The van der Waals surface area contributed by atoms with Crippen molar-refractivity contribution in [2.75, 3.05) is 0 Å². The predicted molar refractivity (Wildman–Crippen MR) is 85.7 cm³/mol. The summed E-state index contributed by atoms with van der Waals surface area (Å²) in [4.78, 5) is 0. The van der Waals surface area contributed by atoms with Gasteiger partial charge in [-0.1, -0.05) is 32.9 Å². The van der Waals surface area contributed by atoms with Crippen molar-refractivity contribution in [3.63, 3.8) is 0 Å². The van der Waals surface area contributed by atoms with Crippen molar-refractivity contribution in [2.45, 2.75) is 66.5 Å².